The van der Waals surface area contributed by atoms with E-state index in [9.17, 15) is 9.90 Å². The largest absolute Gasteiger partial charge is 0.504 e. The summed E-state index contributed by atoms with van der Waals surface area (Å²) in [5, 5.41) is 14.2. The first-order valence-corrected chi connectivity index (χ1v) is 9.30. The Kier molecular flexibility index (Phi) is 4.65. The number of rotatable bonds is 4. The summed E-state index contributed by atoms with van der Waals surface area (Å²) < 4.78 is 5.54. The summed E-state index contributed by atoms with van der Waals surface area (Å²) in [5.41, 5.74) is 3.73. The van der Waals surface area contributed by atoms with E-state index in [1.807, 2.05) is 62.4 Å². The van der Waals surface area contributed by atoms with E-state index in [0.29, 0.717) is 23.5 Å². The highest BCUT2D eigenvalue weighted by Crippen LogP contribution is 2.42. The summed E-state index contributed by atoms with van der Waals surface area (Å²) in [5.74, 6) is 0.315. The van der Waals surface area contributed by atoms with Crippen molar-refractivity contribution in [2.24, 2.45) is 0 Å². The molecule has 0 saturated carbocycles. The number of nitrogens with one attached hydrogen (secondary N) is 1. The van der Waals surface area contributed by atoms with E-state index >= 15 is 0 Å². The smallest absolute Gasteiger partial charge is 0.262 e. The second kappa shape index (κ2) is 7.27. The molecule has 1 aliphatic rings. The molecule has 3 aromatic carbocycles. The van der Waals surface area contributed by atoms with Crippen LogP contribution in [0.3, 0.4) is 0 Å². The zero-order chi connectivity index (χ0) is 19.7. The first kappa shape index (κ1) is 17.9. The zero-order valence-electron chi connectivity index (χ0n) is 15.8. The van der Waals surface area contributed by atoms with Gasteiger partial charge in [-0.3, -0.25) is 9.69 Å². The van der Waals surface area contributed by atoms with E-state index in [1.165, 1.54) is 0 Å². The van der Waals surface area contributed by atoms with Gasteiger partial charge < -0.3 is 15.2 Å². The average Bonchev–Trinajstić information content (AvgIpc) is 2.70. The molecule has 0 bridgehead atoms. The number of amides is 1. The lowest BCUT2D eigenvalue weighted by atomic mass is 10.0. The molecule has 3 aromatic rings. The third kappa shape index (κ3) is 3.05. The van der Waals surface area contributed by atoms with Crippen LogP contribution in [0.2, 0.25) is 0 Å². The molecule has 5 heteroatoms. The van der Waals surface area contributed by atoms with E-state index in [4.69, 9.17) is 4.74 Å². The maximum atomic E-state index is 13.4. The number of anilines is 2. The van der Waals surface area contributed by atoms with Crippen molar-refractivity contribution in [1.82, 2.24) is 0 Å². The highest BCUT2D eigenvalue weighted by molar-refractivity contribution is 6.12. The fraction of sp³-hybridized carbons (Fsp3) is 0.174. The second-order valence-electron chi connectivity index (χ2n) is 6.73. The quantitative estimate of drug-likeness (QED) is 0.684. The molecule has 1 aliphatic heterocycles. The lowest BCUT2D eigenvalue weighted by Crippen LogP contribution is -2.43. The van der Waals surface area contributed by atoms with Crippen molar-refractivity contribution in [3.8, 4) is 11.5 Å². The summed E-state index contributed by atoms with van der Waals surface area (Å²) in [6, 6.07) is 20.5. The molecule has 1 atom stereocenters. The first-order valence-electron chi connectivity index (χ1n) is 9.30. The number of hydrogen-bond acceptors (Lipinski definition) is 4. The fourth-order valence-electron chi connectivity index (χ4n) is 3.55. The van der Waals surface area contributed by atoms with Crippen LogP contribution >= 0.6 is 0 Å². The van der Waals surface area contributed by atoms with Gasteiger partial charge in [0.2, 0.25) is 0 Å². The highest BCUT2D eigenvalue weighted by Gasteiger charge is 2.35. The summed E-state index contributed by atoms with van der Waals surface area (Å²) in [6.07, 6.45) is -0.565. The van der Waals surface area contributed by atoms with Crippen molar-refractivity contribution in [3.63, 3.8) is 0 Å². The van der Waals surface area contributed by atoms with Gasteiger partial charge in [0.05, 0.1) is 12.2 Å². The predicted octanol–water partition coefficient (Wildman–Crippen LogP) is 4.87. The van der Waals surface area contributed by atoms with Gasteiger partial charge in [0, 0.05) is 16.9 Å². The van der Waals surface area contributed by atoms with E-state index in [0.717, 1.165) is 16.9 Å². The molecule has 0 fully saturated rings. The van der Waals surface area contributed by atoms with E-state index < -0.39 is 6.17 Å². The lowest BCUT2D eigenvalue weighted by Gasteiger charge is -2.38. The predicted molar refractivity (Wildman–Crippen MR) is 110 cm³/mol. The monoisotopic (exact) mass is 374 g/mol. The molecule has 0 spiro atoms. The number of benzene rings is 3. The minimum Gasteiger partial charge on any atom is -0.504 e. The molecule has 1 amide bonds. The van der Waals surface area contributed by atoms with E-state index in [-0.39, 0.29) is 11.7 Å². The molecule has 142 valence electrons. The van der Waals surface area contributed by atoms with Gasteiger partial charge in [0.15, 0.2) is 11.5 Å². The van der Waals surface area contributed by atoms with Crippen LogP contribution < -0.4 is 15.0 Å². The van der Waals surface area contributed by atoms with Crippen LogP contribution in [0.15, 0.2) is 66.7 Å². The highest BCUT2D eigenvalue weighted by atomic mass is 16.5. The number of fused-ring (bicyclic) bond motifs is 1. The van der Waals surface area contributed by atoms with Crippen molar-refractivity contribution in [2.75, 3.05) is 16.8 Å². The summed E-state index contributed by atoms with van der Waals surface area (Å²) in [4.78, 5) is 15.1. The average molecular weight is 374 g/mol. The first-order chi connectivity index (χ1) is 13.6. The number of carbonyl (C=O) groups excluding carboxylic acids is 1. The number of para-hydroxylation sites is 2. The van der Waals surface area contributed by atoms with Crippen LogP contribution in [0.4, 0.5) is 11.4 Å². The Morgan fingerprint density at radius 1 is 1.07 bits per heavy atom. The molecule has 0 aliphatic carbocycles. The van der Waals surface area contributed by atoms with Gasteiger partial charge in [0.1, 0.15) is 6.17 Å². The molecule has 4 rings (SSSR count). The van der Waals surface area contributed by atoms with Crippen LogP contribution in [-0.4, -0.2) is 17.6 Å². The van der Waals surface area contributed by atoms with Gasteiger partial charge in [-0.05, 0) is 49.7 Å². The third-order valence-corrected chi connectivity index (χ3v) is 4.83. The minimum absolute atomic E-state index is 0.0340. The number of nitrogens with zero attached hydrogens (tertiary/aromatic N) is 1. The molecule has 0 saturated heterocycles. The van der Waals surface area contributed by atoms with Gasteiger partial charge in [-0.15, -0.1) is 0 Å². The normalized spacial score (nSPS) is 15.7. The Balaban J connectivity index is 1.88. The lowest BCUT2D eigenvalue weighted by molar-refractivity contribution is 0.0974. The Morgan fingerprint density at radius 2 is 1.86 bits per heavy atom. The fourth-order valence-corrected chi connectivity index (χ4v) is 3.55. The standard InChI is InChI=1S/C23H22N2O3/c1-3-28-20-13-7-11-18(21(20)26)22-24-19-12-5-4-10-17(19)23(27)25(22)16-9-6-8-15(2)14-16/h4-14,22,24,26H,3H2,1-2H3/t22-/m1/s1. The molecule has 28 heavy (non-hydrogen) atoms. The van der Waals surface area contributed by atoms with Gasteiger partial charge in [-0.2, -0.15) is 0 Å². The molecular formula is C23H22N2O3. The maximum Gasteiger partial charge on any atom is 0.262 e. The van der Waals surface area contributed by atoms with Crippen molar-refractivity contribution in [2.45, 2.75) is 20.0 Å². The summed E-state index contributed by atoms with van der Waals surface area (Å²) >= 11 is 0. The number of hydrogen-bond donors (Lipinski definition) is 2. The number of carbonyl (C=O) groups is 1. The Labute approximate surface area is 164 Å². The zero-order valence-corrected chi connectivity index (χ0v) is 15.8. The van der Waals surface area contributed by atoms with Crippen molar-refractivity contribution >= 4 is 17.3 Å². The molecule has 0 radical (unpaired) electrons. The molecule has 0 aromatic heterocycles. The van der Waals surface area contributed by atoms with Gasteiger partial charge in [0.25, 0.3) is 5.91 Å². The molecule has 2 N–H and O–H groups in total. The Hall–Kier alpha value is -3.47. The van der Waals surface area contributed by atoms with Crippen molar-refractivity contribution in [3.05, 3.63) is 83.4 Å². The minimum atomic E-state index is -0.565. The van der Waals surface area contributed by atoms with Crippen LogP contribution in [0.1, 0.15) is 34.6 Å². The van der Waals surface area contributed by atoms with Gasteiger partial charge >= 0.3 is 0 Å². The van der Waals surface area contributed by atoms with Crippen LogP contribution in [-0.2, 0) is 0 Å². The third-order valence-electron chi connectivity index (χ3n) is 4.83. The molecular weight excluding hydrogens is 352 g/mol. The number of phenols is 1. The number of aryl methyl sites for hydroxylation is 1. The number of phenolic OH excluding ortho intramolecular Hbond substituents is 1. The van der Waals surface area contributed by atoms with E-state index in [1.54, 1.807) is 23.1 Å². The second-order valence-corrected chi connectivity index (χ2v) is 6.73. The summed E-state index contributed by atoms with van der Waals surface area (Å²) in [6.45, 7) is 4.30. The topological polar surface area (TPSA) is 61.8 Å². The number of aromatic hydroxyl groups is 1. The summed E-state index contributed by atoms with van der Waals surface area (Å²) in [7, 11) is 0. The van der Waals surface area contributed by atoms with E-state index in [2.05, 4.69) is 5.32 Å². The SMILES string of the molecule is CCOc1cccc([C@@H]2Nc3ccccc3C(=O)N2c2cccc(C)c2)c1O. The molecule has 1 heterocycles. The number of ether oxygens (including phenoxy) is 1. The Bertz CT molecular complexity index is 1030. The van der Waals surface area contributed by atoms with Crippen LogP contribution in [0.5, 0.6) is 11.5 Å². The Morgan fingerprint density at radius 3 is 2.64 bits per heavy atom. The maximum absolute atomic E-state index is 13.4. The van der Waals surface area contributed by atoms with Crippen LogP contribution in [0.25, 0.3) is 0 Å². The van der Waals surface area contributed by atoms with Crippen molar-refractivity contribution in [1.29, 1.82) is 0 Å². The van der Waals surface area contributed by atoms with Gasteiger partial charge in [-0.1, -0.05) is 36.4 Å². The van der Waals surface area contributed by atoms with Crippen LogP contribution in [0, 0.1) is 6.92 Å². The van der Waals surface area contributed by atoms with Gasteiger partial charge in [-0.25, -0.2) is 0 Å². The van der Waals surface area contributed by atoms with Crippen molar-refractivity contribution < 1.29 is 14.6 Å². The molecule has 5 nitrogen and oxygen atoms in total. The molecule has 0 unspecified atom stereocenters.